The van der Waals surface area contributed by atoms with Gasteiger partial charge in [-0.3, -0.25) is 4.79 Å². The minimum atomic E-state index is -0.516. The van der Waals surface area contributed by atoms with E-state index >= 15 is 0 Å². The standard InChI is InChI=1S/C12H18N2O2/c1-2-10(13)12(16)14-11(8-15)9-6-4-3-5-7-9/h3-7,10-11,15H,2,8,13H2,1H3,(H,14,16). The van der Waals surface area contributed by atoms with Gasteiger partial charge in [-0.25, -0.2) is 0 Å². The Bertz CT molecular complexity index is 327. The Morgan fingerprint density at radius 2 is 2.06 bits per heavy atom. The van der Waals surface area contributed by atoms with Gasteiger partial charge in [-0.2, -0.15) is 0 Å². The first-order valence-electron chi connectivity index (χ1n) is 5.40. The summed E-state index contributed by atoms with van der Waals surface area (Å²) in [4.78, 5) is 11.6. The molecule has 0 saturated carbocycles. The Kier molecular flexibility index (Phi) is 4.95. The third kappa shape index (κ3) is 3.32. The van der Waals surface area contributed by atoms with Crippen LogP contribution in [-0.4, -0.2) is 23.7 Å². The number of hydrogen-bond donors (Lipinski definition) is 3. The molecular formula is C12H18N2O2. The second-order valence-corrected chi connectivity index (χ2v) is 3.67. The van der Waals surface area contributed by atoms with E-state index in [1.54, 1.807) is 0 Å². The highest BCUT2D eigenvalue weighted by molar-refractivity contribution is 5.81. The highest BCUT2D eigenvalue weighted by atomic mass is 16.3. The molecule has 1 amide bonds. The first kappa shape index (κ1) is 12.7. The van der Waals surface area contributed by atoms with Crippen molar-refractivity contribution >= 4 is 5.91 Å². The van der Waals surface area contributed by atoms with Crippen molar-refractivity contribution in [3.05, 3.63) is 35.9 Å². The molecule has 0 bridgehead atoms. The Labute approximate surface area is 95.5 Å². The molecule has 0 aliphatic carbocycles. The minimum Gasteiger partial charge on any atom is -0.394 e. The number of nitrogens with two attached hydrogens (primary N) is 1. The van der Waals surface area contributed by atoms with E-state index in [1.807, 2.05) is 37.3 Å². The fraction of sp³-hybridized carbons (Fsp3) is 0.417. The van der Waals surface area contributed by atoms with Crippen LogP contribution in [0, 0.1) is 0 Å². The summed E-state index contributed by atoms with van der Waals surface area (Å²) < 4.78 is 0. The molecule has 2 atom stereocenters. The maximum Gasteiger partial charge on any atom is 0.237 e. The number of nitrogens with one attached hydrogen (secondary N) is 1. The average molecular weight is 222 g/mol. The Balaban J connectivity index is 2.66. The lowest BCUT2D eigenvalue weighted by molar-refractivity contribution is -0.123. The molecule has 1 rings (SSSR count). The summed E-state index contributed by atoms with van der Waals surface area (Å²) in [5.41, 5.74) is 6.48. The summed E-state index contributed by atoms with van der Waals surface area (Å²) in [7, 11) is 0. The molecule has 4 nitrogen and oxygen atoms in total. The molecule has 4 heteroatoms. The number of benzene rings is 1. The van der Waals surface area contributed by atoms with Crippen LogP contribution in [0.4, 0.5) is 0 Å². The number of hydrogen-bond acceptors (Lipinski definition) is 3. The van der Waals surface area contributed by atoms with Gasteiger partial charge in [0.05, 0.1) is 18.7 Å². The van der Waals surface area contributed by atoms with Crippen LogP contribution < -0.4 is 11.1 Å². The lowest BCUT2D eigenvalue weighted by Crippen LogP contribution is -2.42. The molecule has 88 valence electrons. The molecule has 1 aromatic carbocycles. The Hall–Kier alpha value is -1.39. The number of carbonyl (C=O) groups excluding carboxylic acids is 1. The molecule has 0 radical (unpaired) electrons. The van der Waals surface area contributed by atoms with E-state index in [4.69, 9.17) is 5.73 Å². The number of rotatable bonds is 5. The topological polar surface area (TPSA) is 75.4 Å². The molecule has 0 aliphatic rings. The van der Waals surface area contributed by atoms with Gasteiger partial charge in [-0.15, -0.1) is 0 Å². The van der Waals surface area contributed by atoms with Gasteiger partial charge >= 0.3 is 0 Å². The van der Waals surface area contributed by atoms with Crippen LogP contribution in [0.5, 0.6) is 0 Å². The lowest BCUT2D eigenvalue weighted by Gasteiger charge is -2.18. The smallest absolute Gasteiger partial charge is 0.237 e. The van der Waals surface area contributed by atoms with Crippen molar-refractivity contribution < 1.29 is 9.90 Å². The van der Waals surface area contributed by atoms with E-state index in [2.05, 4.69) is 5.32 Å². The maximum absolute atomic E-state index is 11.6. The van der Waals surface area contributed by atoms with E-state index in [1.165, 1.54) is 0 Å². The second kappa shape index (κ2) is 6.25. The minimum absolute atomic E-state index is 0.133. The van der Waals surface area contributed by atoms with Crippen LogP contribution in [0.25, 0.3) is 0 Å². The van der Waals surface area contributed by atoms with Gasteiger partial charge in [0.25, 0.3) is 0 Å². The van der Waals surface area contributed by atoms with E-state index < -0.39 is 6.04 Å². The molecule has 0 fully saturated rings. The molecule has 0 saturated heterocycles. The summed E-state index contributed by atoms with van der Waals surface area (Å²) in [6, 6.07) is 8.44. The molecule has 16 heavy (non-hydrogen) atoms. The Morgan fingerprint density at radius 1 is 1.44 bits per heavy atom. The van der Waals surface area contributed by atoms with Gasteiger partial charge in [0.2, 0.25) is 5.91 Å². The first-order valence-corrected chi connectivity index (χ1v) is 5.40. The van der Waals surface area contributed by atoms with Gasteiger partial charge in [-0.1, -0.05) is 37.3 Å². The van der Waals surface area contributed by atoms with Crippen LogP contribution in [0.1, 0.15) is 24.9 Å². The third-order valence-electron chi connectivity index (χ3n) is 2.48. The van der Waals surface area contributed by atoms with Crippen LogP contribution in [-0.2, 0) is 4.79 Å². The van der Waals surface area contributed by atoms with Crippen molar-refractivity contribution in [3.63, 3.8) is 0 Å². The summed E-state index contributed by atoms with van der Waals surface area (Å²) in [5.74, 6) is -0.231. The quantitative estimate of drug-likeness (QED) is 0.682. The molecule has 0 spiro atoms. The molecule has 0 aliphatic heterocycles. The number of carbonyl (C=O) groups is 1. The number of aliphatic hydroxyl groups excluding tert-OH is 1. The van der Waals surface area contributed by atoms with Crippen molar-refractivity contribution in [1.29, 1.82) is 0 Å². The fourth-order valence-corrected chi connectivity index (χ4v) is 1.38. The summed E-state index contributed by atoms with van der Waals surface area (Å²) in [5, 5.41) is 11.9. The molecule has 0 aromatic heterocycles. The van der Waals surface area contributed by atoms with E-state index in [-0.39, 0.29) is 18.6 Å². The fourth-order valence-electron chi connectivity index (χ4n) is 1.38. The van der Waals surface area contributed by atoms with E-state index in [0.717, 1.165) is 5.56 Å². The van der Waals surface area contributed by atoms with Gasteiger partial charge in [0.15, 0.2) is 0 Å². The second-order valence-electron chi connectivity index (χ2n) is 3.67. The third-order valence-corrected chi connectivity index (χ3v) is 2.48. The van der Waals surface area contributed by atoms with Gasteiger partial charge in [0.1, 0.15) is 0 Å². The van der Waals surface area contributed by atoms with E-state index in [9.17, 15) is 9.90 Å². The van der Waals surface area contributed by atoms with Gasteiger partial charge < -0.3 is 16.2 Å². The predicted octanol–water partition coefficient (Wildman–Crippen LogP) is 0.573. The number of aliphatic hydroxyl groups is 1. The normalized spacial score (nSPS) is 14.2. The SMILES string of the molecule is CCC(N)C(=O)NC(CO)c1ccccc1. The number of amides is 1. The molecule has 1 aromatic rings. The van der Waals surface area contributed by atoms with Crippen molar-refractivity contribution in [3.8, 4) is 0 Å². The highest BCUT2D eigenvalue weighted by Gasteiger charge is 2.17. The summed E-state index contributed by atoms with van der Waals surface area (Å²) in [6.45, 7) is 1.72. The zero-order chi connectivity index (χ0) is 12.0. The summed E-state index contributed by atoms with van der Waals surface area (Å²) >= 11 is 0. The van der Waals surface area contributed by atoms with Gasteiger partial charge in [0, 0.05) is 0 Å². The maximum atomic E-state index is 11.6. The van der Waals surface area contributed by atoms with Crippen molar-refractivity contribution in [2.24, 2.45) is 5.73 Å². The molecular weight excluding hydrogens is 204 g/mol. The van der Waals surface area contributed by atoms with Gasteiger partial charge in [-0.05, 0) is 12.0 Å². The molecule has 2 unspecified atom stereocenters. The van der Waals surface area contributed by atoms with Crippen LogP contribution >= 0.6 is 0 Å². The zero-order valence-corrected chi connectivity index (χ0v) is 9.39. The van der Waals surface area contributed by atoms with E-state index in [0.29, 0.717) is 6.42 Å². The van der Waals surface area contributed by atoms with Crippen molar-refractivity contribution in [2.75, 3.05) is 6.61 Å². The van der Waals surface area contributed by atoms with Crippen LogP contribution in [0.3, 0.4) is 0 Å². The van der Waals surface area contributed by atoms with Crippen LogP contribution in [0.15, 0.2) is 30.3 Å². The monoisotopic (exact) mass is 222 g/mol. The van der Waals surface area contributed by atoms with Crippen molar-refractivity contribution in [2.45, 2.75) is 25.4 Å². The Morgan fingerprint density at radius 3 is 2.56 bits per heavy atom. The molecule has 4 N–H and O–H groups in total. The van der Waals surface area contributed by atoms with Crippen LogP contribution in [0.2, 0.25) is 0 Å². The lowest BCUT2D eigenvalue weighted by atomic mass is 10.1. The highest BCUT2D eigenvalue weighted by Crippen LogP contribution is 2.11. The largest absolute Gasteiger partial charge is 0.394 e. The van der Waals surface area contributed by atoms with Crippen molar-refractivity contribution in [1.82, 2.24) is 5.32 Å². The molecule has 0 heterocycles. The summed E-state index contributed by atoms with van der Waals surface area (Å²) in [6.07, 6.45) is 0.582. The zero-order valence-electron chi connectivity index (χ0n) is 9.39. The first-order chi connectivity index (χ1) is 7.69. The average Bonchev–Trinajstić information content (AvgIpc) is 2.35. The predicted molar refractivity (Wildman–Crippen MR) is 62.7 cm³/mol.